The van der Waals surface area contributed by atoms with Crippen molar-refractivity contribution in [2.75, 3.05) is 13.7 Å². The van der Waals surface area contributed by atoms with Crippen LogP contribution in [0.3, 0.4) is 0 Å². The topological polar surface area (TPSA) is 32.8 Å². The Labute approximate surface area is 91.1 Å². The Morgan fingerprint density at radius 2 is 2.13 bits per heavy atom. The SMILES string of the molecule is CC(C)C1CC2CON(C)C(=O)N2C1C. The summed E-state index contributed by atoms with van der Waals surface area (Å²) in [4.78, 5) is 19.2. The number of fused-ring (bicyclic) bond motifs is 1. The second-order valence-electron chi connectivity index (χ2n) is 5.02. The second-order valence-corrected chi connectivity index (χ2v) is 5.02. The maximum Gasteiger partial charge on any atom is 0.344 e. The minimum atomic E-state index is 0.0156. The quantitative estimate of drug-likeness (QED) is 0.663. The van der Waals surface area contributed by atoms with Crippen molar-refractivity contribution in [3.63, 3.8) is 0 Å². The summed E-state index contributed by atoms with van der Waals surface area (Å²) in [6.07, 6.45) is 1.08. The molecular formula is C11H20N2O2. The van der Waals surface area contributed by atoms with Crippen molar-refractivity contribution in [2.45, 2.75) is 39.3 Å². The molecule has 0 aromatic rings. The first-order valence-electron chi connectivity index (χ1n) is 5.71. The van der Waals surface area contributed by atoms with Crippen LogP contribution in [-0.2, 0) is 4.84 Å². The molecule has 0 saturated carbocycles. The number of hydrogen-bond donors (Lipinski definition) is 0. The lowest BCUT2D eigenvalue weighted by atomic mass is 9.89. The third kappa shape index (κ3) is 1.61. The Balaban J connectivity index is 2.17. The minimum absolute atomic E-state index is 0.0156. The standard InChI is InChI=1S/C11H20N2O2/c1-7(2)10-5-9-6-15-12(4)11(14)13(9)8(10)3/h7-10H,5-6H2,1-4H3. The van der Waals surface area contributed by atoms with E-state index in [1.807, 2.05) is 4.90 Å². The van der Waals surface area contributed by atoms with Gasteiger partial charge in [0.2, 0.25) is 0 Å². The Kier molecular flexibility index (Phi) is 2.63. The average Bonchev–Trinajstić information content (AvgIpc) is 2.50. The molecule has 15 heavy (non-hydrogen) atoms. The number of nitrogens with zero attached hydrogens (tertiary/aromatic N) is 2. The fraction of sp³-hybridized carbons (Fsp3) is 0.909. The molecule has 2 amide bonds. The molecule has 0 bridgehead atoms. The lowest BCUT2D eigenvalue weighted by Gasteiger charge is -2.37. The molecule has 2 rings (SSSR count). The summed E-state index contributed by atoms with van der Waals surface area (Å²) in [5.41, 5.74) is 0. The van der Waals surface area contributed by atoms with E-state index in [9.17, 15) is 4.79 Å². The van der Waals surface area contributed by atoms with Gasteiger partial charge in [-0.15, -0.1) is 0 Å². The molecule has 0 aliphatic carbocycles. The summed E-state index contributed by atoms with van der Waals surface area (Å²) < 4.78 is 0. The molecule has 0 radical (unpaired) electrons. The van der Waals surface area contributed by atoms with Crippen LogP contribution in [0.4, 0.5) is 4.79 Å². The first-order valence-corrected chi connectivity index (χ1v) is 5.71. The van der Waals surface area contributed by atoms with Gasteiger partial charge in [0.1, 0.15) is 0 Å². The summed E-state index contributed by atoms with van der Waals surface area (Å²) in [7, 11) is 1.69. The third-order valence-electron chi connectivity index (χ3n) is 3.80. The van der Waals surface area contributed by atoms with Crippen molar-refractivity contribution < 1.29 is 9.63 Å². The first-order chi connectivity index (χ1) is 7.02. The molecule has 0 aromatic heterocycles. The number of hydrogen-bond acceptors (Lipinski definition) is 2. The van der Waals surface area contributed by atoms with Crippen molar-refractivity contribution >= 4 is 6.03 Å². The molecule has 86 valence electrons. The molecule has 2 heterocycles. The van der Waals surface area contributed by atoms with E-state index in [0.29, 0.717) is 24.5 Å². The second kappa shape index (κ2) is 3.67. The molecule has 2 fully saturated rings. The van der Waals surface area contributed by atoms with Gasteiger partial charge in [-0.25, -0.2) is 9.86 Å². The van der Waals surface area contributed by atoms with E-state index < -0.39 is 0 Å². The smallest absolute Gasteiger partial charge is 0.314 e. The number of urea groups is 1. The van der Waals surface area contributed by atoms with Gasteiger partial charge in [0, 0.05) is 13.1 Å². The van der Waals surface area contributed by atoms with Crippen LogP contribution in [0, 0.1) is 11.8 Å². The van der Waals surface area contributed by atoms with Crippen LogP contribution < -0.4 is 0 Å². The van der Waals surface area contributed by atoms with Crippen molar-refractivity contribution in [3.8, 4) is 0 Å². The Hall–Kier alpha value is -0.770. The maximum absolute atomic E-state index is 11.9. The van der Waals surface area contributed by atoms with Crippen LogP contribution in [0.15, 0.2) is 0 Å². The number of carbonyl (C=O) groups excluding carboxylic acids is 1. The van der Waals surface area contributed by atoms with Crippen LogP contribution in [0.2, 0.25) is 0 Å². The van der Waals surface area contributed by atoms with Crippen LogP contribution in [0.1, 0.15) is 27.2 Å². The van der Waals surface area contributed by atoms with Gasteiger partial charge in [-0.05, 0) is 25.2 Å². The number of rotatable bonds is 1. The van der Waals surface area contributed by atoms with Crippen molar-refractivity contribution in [1.82, 2.24) is 9.96 Å². The summed E-state index contributed by atoms with van der Waals surface area (Å²) in [5, 5.41) is 1.36. The maximum atomic E-state index is 11.9. The molecule has 2 aliphatic heterocycles. The summed E-state index contributed by atoms with van der Waals surface area (Å²) >= 11 is 0. The molecule has 2 saturated heterocycles. The normalized spacial score (nSPS) is 36.3. The van der Waals surface area contributed by atoms with Crippen LogP contribution >= 0.6 is 0 Å². The highest BCUT2D eigenvalue weighted by molar-refractivity contribution is 5.74. The Morgan fingerprint density at radius 3 is 2.73 bits per heavy atom. The van der Waals surface area contributed by atoms with Gasteiger partial charge in [0.25, 0.3) is 0 Å². The fourth-order valence-corrected chi connectivity index (χ4v) is 2.89. The zero-order chi connectivity index (χ0) is 11.2. The van der Waals surface area contributed by atoms with Gasteiger partial charge in [-0.2, -0.15) is 0 Å². The van der Waals surface area contributed by atoms with Gasteiger partial charge in [0.15, 0.2) is 0 Å². The predicted octanol–water partition coefficient (Wildman–Crippen LogP) is 1.72. The van der Waals surface area contributed by atoms with Crippen LogP contribution in [-0.4, -0.2) is 41.7 Å². The average molecular weight is 212 g/mol. The summed E-state index contributed by atoms with van der Waals surface area (Å²) in [6, 6.07) is 0.645. The molecule has 2 aliphatic rings. The van der Waals surface area contributed by atoms with Crippen molar-refractivity contribution in [3.05, 3.63) is 0 Å². The highest BCUT2D eigenvalue weighted by Gasteiger charge is 2.46. The van der Waals surface area contributed by atoms with Gasteiger partial charge in [-0.3, -0.25) is 4.84 Å². The van der Waals surface area contributed by atoms with Gasteiger partial charge >= 0.3 is 6.03 Å². The molecule has 4 heteroatoms. The Morgan fingerprint density at radius 1 is 1.47 bits per heavy atom. The molecule has 4 nitrogen and oxygen atoms in total. The van der Waals surface area contributed by atoms with E-state index in [1.165, 1.54) is 5.06 Å². The molecular weight excluding hydrogens is 192 g/mol. The fourth-order valence-electron chi connectivity index (χ4n) is 2.89. The number of carbonyl (C=O) groups is 1. The van der Waals surface area contributed by atoms with Crippen molar-refractivity contribution in [2.24, 2.45) is 11.8 Å². The van der Waals surface area contributed by atoms with Crippen molar-refractivity contribution in [1.29, 1.82) is 0 Å². The number of hydroxylamine groups is 2. The molecule has 0 N–H and O–H groups in total. The summed E-state index contributed by atoms with van der Waals surface area (Å²) in [5.74, 6) is 1.23. The highest BCUT2D eigenvalue weighted by Crippen LogP contribution is 2.37. The van der Waals surface area contributed by atoms with E-state index in [0.717, 1.165) is 6.42 Å². The first kappa shape index (κ1) is 10.7. The summed E-state index contributed by atoms with van der Waals surface area (Å²) in [6.45, 7) is 7.26. The zero-order valence-electron chi connectivity index (χ0n) is 9.93. The van der Waals surface area contributed by atoms with E-state index >= 15 is 0 Å². The van der Waals surface area contributed by atoms with Crippen LogP contribution in [0.5, 0.6) is 0 Å². The van der Waals surface area contributed by atoms with E-state index in [2.05, 4.69) is 20.8 Å². The van der Waals surface area contributed by atoms with E-state index in [-0.39, 0.29) is 12.1 Å². The highest BCUT2D eigenvalue weighted by atomic mass is 16.7. The Bertz CT molecular complexity index is 267. The van der Waals surface area contributed by atoms with Gasteiger partial charge in [0.05, 0.1) is 12.6 Å². The third-order valence-corrected chi connectivity index (χ3v) is 3.80. The molecule has 3 atom stereocenters. The lowest BCUT2D eigenvalue weighted by molar-refractivity contribution is -0.150. The zero-order valence-corrected chi connectivity index (χ0v) is 9.93. The molecule has 3 unspecified atom stereocenters. The monoisotopic (exact) mass is 212 g/mol. The van der Waals surface area contributed by atoms with Crippen LogP contribution in [0.25, 0.3) is 0 Å². The van der Waals surface area contributed by atoms with E-state index in [4.69, 9.17) is 4.84 Å². The molecule has 0 spiro atoms. The van der Waals surface area contributed by atoms with Gasteiger partial charge in [-0.1, -0.05) is 13.8 Å². The molecule has 0 aromatic carbocycles. The largest absolute Gasteiger partial charge is 0.344 e. The van der Waals surface area contributed by atoms with E-state index in [1.54, 1.807) is 7.05 Å². The minimum Gasteiger partial charge on any atom is -0.314 e. The number of amides is 2. The predicted molar refractivity (Wildman–Crippen MR) is 57.1 cm³/mol. The lowest BCUT2D eigenvalue weighted by Crippen LogP contribution is -2.54. The van der Waals surface area contributed by atoms with Gasteiger partial charge < -0.3 is 4.90 Å².